The molecule has 0 bridgehead atoms. The highest BCUT2D eigenvalue weighted by Gasteiger charge is 2.15. The first-order chi connectivity index (χ1) is 18.7. The molecule has 0 heterocycles. The predicted molar refractivity (Wildman–Crippen MR) is 173 cm³/mol. The van der Waals surface area contributed by atoms with Crippen molar-refractivity contribution in [2.75, 3.05) is 0 Å². The van der Waals surface area contributed by atoms with E-state index in [1.165, 1.54) is 164 Å². The molecule has 2 rings (SSSR count). The van der Waals surface area contributed by atoms with E-state index in [1.54, 1.807) is 11.1 Å². The van der Waals surface area contributed by atoms with Gasteiger partial charge in [0.15, 0.2) is 0 Å². The zero-order valence-electron chi connectivity index (χ0n) is 26.2. The molecule has 0 fully saturated rings. The zero-order valence-corrected chi connectivity index (χ0v) is 26.2. The second-order valence-corrected chi connectivity index (χ2v) is 12.6. The van der Waals surface area contributed by atoms with Gasteiger partial charge in [-0.15, -0.1) is 0 Å². The van der Waals surface area contributed by atoms with E-state index in [9.17, 15) is 0 Å². The second-order valence-electron chi connectivity index (χ2n) is 12.6. The third-order valence-electron chi connectivity index (χ3n) is 8.72. The lowest BCUT2D eigenvalue weighted by molar-refractivity contribution is 0.548. The monoisotopic (exact) mass is 521 g/mol. The average Bonchev–Trinajstić information content (AvgIpc) is 3.08. The van der Waals surface area contributed by atoms with Crippen molar-refractivity contribution in [3.63, 3.8) is 0 Å². The third-order valence-corrected chi connectivity index (χ3v) is 8.72. The van der Waals surface area contributed by atoms with Crippen LogP contribution >= 0.6 is 0 Å². The highest BCUT2D eigenvalue weighted by Crippen LogP contribution is 2.35. The first-order valence-electron chi connectivity index (χ1n) is 17.2. The van der Waals surface area contributed by atoms with E-state index in [-0.39, 0.29) is 0 Å². The Balaban J connectivity index is 1.79. The summed E-state index contributed by atoms with van der Waals surface area (Å²) in [6.07, 6.45) is 32.4. The van der Waals surface area contributed by atoms with Crippen LogP contribution in [0.15, 0.2) is 30.3 Å². The van der Waals surface area contributed by atoms with Crippen LogP contribution in [0.2, 0.25) is 0 Å². The van der Waals surface area contributed by atoms with E-state index in [0.29, 0.717) is 5.92 Å². The second kappa shape index (κ2) is 21.5. The summed E-state index contributed by atoms with van der Waals surface area (Å²) < 4.78 is 0. The predicted octanol–water partition coefficient (Wildman–Crippen LogP) is 13.2. The quantitative estimate of drug-likeness (QED) is 0.121. The van der Waals surface area contributed by atoms with Gasteiger partial charge in [-0.05, 0) is 59.4 Å². The van der Waals surface area contributed by atoms with Gasteiger partial charge in [0.1, 0.15) is 0 Å². The van der Waals surface area contributed by atoms with Gasteiger partial charge in [0, 0.05) is 0 Å². The summed E-state index contributed by atoms with van der Waals surface area (Å²) in [4.78, 5) is 0. The molecule has 0 N–H and O–H groups in total. The highest BCUT2D eigenvalue weighted by molar-refractivity contribution is 5.74. The first kappa shape index (κ1) is 32.9. The summed E-state index contributed by atoms with van der Waals surface area (Å²) in [6.45, 7) is 9.26. The maximum absolute atomic E-state index is 2.56. The molecule has 216 valence electrons. The molecule has 0 heteroatoms. The molecule has 0 amide bonds. The van der Waals surface area contributed by atoms with Crippen LogP contribution in [0.5, 0.6) is 0 Å². The summed E-state index contributed by atoms with van der Waals surface area (Å²) >= 11 is 0. The number of rotatable bonds is 24. The molecule has 0 saturated heterocycles. The first-order valence-corrected chi connectivity index (χ1v) is 17.2. The van der Waals surface area contributed by atoms with Crippen LogP contribution in [0.4, 0.5) is 0 Å². The smallest absolute Gasteiger partial charge is 0.0149 e. The molecule has 0 saturated carbocycles. The Labute approximate surface area is 239 Å². The van der Waals surface area contributed by atoms with Gasteiger partial charge in [0.25, 0.3) is 0 Å². The Bertz CT molecular complexity index is 785. The molecular weight excluding hydrogens is 456 g/mol. The van der Waals surface area contributed by atoms with Crippen molar-refractivity contribution in [3.05, 3.63) is 47.0 Å². The lowest BCUT2D eigenvalue weighted by atomic mass is 9.97. The molecule has 0 unspecified atom stereocenters. The van der Waals surface area contributed by atoms with E-state index < -0.39 is 0 Å². The SMILES string of the molecule is CCCCCCCCCCCCCc1cc2cc(C(C)C)cccc-2c1CCCCCCCCCCCC. The van der Waals surface area contributed by atoms with Gasteiger partial charge < -0.3 is 0 Å². The molecule has 0 spiro atoms. The average molecular weight is 521 g/mol. The third kappa shape index (κ3) is 13.7. The summed E-state index contributed by atoms with van der Waals surface area (Å²) in [7, 11) is 0. The molecule has 0 aromatic carbocycles. The molecule has 38 heavy (non-hydrogen) atoms. The van der Waals surface area contributed by atoms with Crippen molar-refractivity contribution in [2.24, 2.45) is 0 Å². The Morgan fingerprint density at radius 1 is 0.500 bits per heavy atom. The molecule has 2 aliphatic carbocycles. The minimum absolute atomic E-state index is 0.584. The van der Waals surface area contributed by atoms with Crippen LogP contribution in [0, 0.1) is 0 Å². The number of hydrogen-bond donors (Lipinski definition) is 0. The minimum Gasteiger partial charge on any atom is -0.0654 e. The molecular formula is C38H64. The number of unbranched alkanes of at least 4 members (excludes halogenated alkanes) is 19. The summed E-state index contributed by atoms with van der Waals surface area (Å²) in [5, 5.41) is 0. The Morgan fingerprint density at radius 3 is 1.42 bits per heavy atom. The topological polar surface area (TPSA) is 0 Å². The fraction of sp³-hybridized carbons (Fsp3) is 0.737. The fourth-order valence-corrected chi connectivity index (χ4v) is 6.15. The van der Waals surface area contributed by atoms with Gasteiger partial charge in [0.05, 0.1) is 0 Å². The maximum Gasteiger partial charge on any atom is -0.0149 e. The summed E-state index contributed by atoms with van der Waals surface area (Å²) in [6, 6.07) is 12.1. The Hall–Kier alpha value is -1.30. The van der Waals surface area contributed by atoms with Gasteiger partial charge >= 0.3 is 0 Å². The molecule has 0 aromatic rings. The largest absolute Gasteiger partial charge is 0.0654 e. The number of aryl methyl sites for hydroxylation is 1. The van der Waals surface area contributed by atoms with Crippen molar-refractivity contribution in [2.45, 2.75) is 181 Å². The maximum atomic E-state index is 2.56. The van der Waals surface area contributed by atoms with Gasteiger partial charge in [-0.3, -0.25) is 0 Å². The lowest BCUT2D eigenvalue weighted by Gasteiger charge is -2.08. The van der Waals surface area contributed by atoms with E-state index in [0.717, 1.165) is 0 Å². The van der Waals surface area contributed by atoms with Crippen molar-refractivity contribution in [1.29, 1.82) is 0 Å². The van der Waals surface area contributed by atoms with Crippen LogP contribution in [0.3, 0.4) is 0 Å². The fourth-order valence-electron chi connectivity index (χ4n) is 6.15. The van der Waals surface area contributed by atoms with Crippen molar-refractivity contribution in [3.8, 4) is 11.1 Å². The van der Waals surface area contributed by atoms with E-state index in [2.05, 4.69) is 58.0 Å². The van der Waals surface area contributed by atoms with Gasteiger partial charge in [-0.25, -0.2) is 0 Å². The summed E-state index contributed by atoms with van der Waals surface area (Å²) in [5.41, 5.74) is 7.83. The standard InChI is InChI=1S/C38H64/c1-5-7-9-11-13-15-17-18-20-22-24-27-35-32-36-31-34(33(3)4)28-26-30-38(36)37(35)29-25-23-21-19-16-14-12-10-8-6-2/h26,28,30-33H,5-25,27,29H2,1-4H3. The van der Waals surface area contributed by atoms with Crippen molar-refractivity contribution in [1.82, 2.24) is 0 Å². The molecule has 0 aromatic heterocycles. The van der Waals surface area contributed by atoms with Crippen LogP contribution < -0.4 is 0 Å². The van der Waals surface area contributed by atoms with Crippen molar-refractivity contribution < 1.29 is 0 Å². The van der Waals surface area contributed by atoms with E-state index in [1.807, 2.05) is 0 Å². The van der Waals surface area contributed by atoms with E-state index >= 15 is 0 Å². The van der Waals surface area contributed by atoms with Crippen LogP contribution in [0.1, 0.15) is 185 Å². The van der Waals surface area contributed by atoms with Crippen molar-refractivity contribution >= 4 is 0 Å². The van der Waals surface area contributed by atoms with Gasteiger partial charge in [0.2, 0.25) is 0 Å². The van der Waals surface area contributed by atoms with Crippen LogP contribution in [-0.4, -0.2) is 0 Å². The molecule has 2 aliphatic rings. The van der Waals surface area contributed by atoms with Crippen LogP contribution in [0.25, 0.3) is 11.1 Å². The van der Waals surface area contributed by atoms with Crippen LogP contribution in [-0.2, 0) is 12.8 Å². The Kier molecular flexibility index (Phi) is 18.6. The summed E-state index contributed by atoms with van der Waals surface area (Å²) in [5.74, 6) is 0.584. The van der Waals surface area contributed by atoms with Gasteiger partial charge in [-0.2, -0.15) is 0 Å². The normalized spacial score (nSPS) is 11.7. The molecule has 0 aliphatic heterocycles. The number of fused-ring (bicyclic) bond motifs is 1. The lowest BCUT2D eigenvalue weighted by Crippen LogP contribution is -1.93. The van der Waals surface area contributed by atoms with E-state index in [4.69, 9.17) is 0 Å². The molecule has 0 radical (unpaired) electrons. The van der Waals surface area contributed by atoms with Gasteiger partial charge in [-0.1, -0.05) is 180 Å². The highest BCUT2D eigenvalue weighted by atomic mass is 14.2. The number of hydrogen-bond acceptors (Lipinski definition) is 0. The Morgan fingerprint density at radius 2 is 0.947 bits per heavy atom. The minimum atomic E-state index is 0.584. The molecule has 0 nitrogen and oxygen atoms in total. The molecule has 0 atom stereocenters. The zero-order chi connectivity index (χ0) is 27.3.